The molecule has 0 saturated carbocycles. The van der Waals surface area contributed by atoms with Gasteiger partial charge in [-0.1, -0.05) is 24.3 Å². The molecule has 0 fully saturated rings. The monoisotopic (exact) mass is 307 g/mol. The molecule has 1 heterocycles. The summed E-state index contributed by atoms with van der Waals surface area (Å²) in [7, 11) is 0. The first-order valence-electron chi connectivity index (χ1n) is 7.19. The molecule has 2 aromatic rings. The van der Waals surface area contributed by atoms with Crippen molar-refractivity contribution < 1.29 is 0 Å². The topological polar surface area (TPSA) is 50.8 Å². The largest absolute Gasteiger partial charge is 0.364 e. The second-order valence-electron chi connectivity index (χ2n) is 4.71. The molecule has 0 N–H and O–H groups in total. The van der Waals surface area contributed by atoms with Crippen LogP contribution < -0.4 is 4.90 Å². The molecular formula is C18H17N3S. The van der Waals surface area contributed by atoms with E-state index >= 15 is 0 Å². The number of hydrogen-bond acceptors (Lipinski definition) is 4. The van der Waals surface area contributed by atoms with Crippen LogP contribution in [0.1, 0.15) is 19.4 Å². The molecule has 2 rings (SSSR count). The number of allylic oxidation sites excluding steroid dienone is 1. The number of nitriles is 2. The predicted molar refractivity (Wildman–Crippen MR) is 92.5 cm³/mol. The van der Waals surface area contributed by atoms with Gasteiger partial charge in [0.25, 0.3) is 0 Å². The predicted octanol–water partition coefficient (Wildman–Crippen LogP) is 4.69. The van der Waals surface area contributed by atoms with Gasteiger partial charge >= 0.3 is 0 Å². The Bertz CT molecular complexity index is 722. The Labute approximate surface area is 135 Å². The molecule has 0 atom stereocenters. The standard InChI is InChI=1S/C18H17N3S/c1-3-21(4-2)18-10-9-17(22-18)16-7-5-14(6-8-16)11-15(12-19)13-20/h5-11H,3-4H2,1-2H3. The number of rotatable bonds is 5. The van der Waals surface area contributed by atoms with Gasteiger partial charge in [-0.3, -0.25) is 0 Å². The molecule has 0 aliphatic heterocycles. The third kappa shape index (κ3) is 3.55. The van der Waals surface area contributed by atoms with Crippen molar-refractivity contribution in [2.45, 2.75) is 13.8 Å². The zero-order valence-electron chi connectivity index (χ0n) is 12.7. The molecule has 22 heavy (non-hydrogen) atoms. The van der Waals surface area contributed by atoms with Crippen LogP contribution in [0.2, 0.25) is 0 Å². The van der Waals surface area contributed by atoms with Gasteiger partial charge in [0.1, 0.15) is 17.7 Å². The van der Waals surface area contributed by atoms with E-state index in [1.54, 1.807) is 17.4 Å². The second-order valence-corrected chi connectivity index (χ2v) is 5.78. The van der Waals surface area contributed by atoms with Crippen molar-refractivity contribution in [2.75, 3.05) is 18.0 Å². The minimum absolute atomic E-state index is 0.118. The number of thiophene rings is 1. The van der Waals surface area contributed by atoms with Crippen molar-refractivity contribution >= 4 is 22.4 Å². The van der Waals surface area contributed by atoms with E-state index in [-0.39, 0.29) is 5.57 Å². The van der Waals surface area contributed by atoms with Gasteiger partial charge in [0, 0.05) is 18.0 Å². The normalized spacial score (nSPS) is 9.64. The maximum atomic E-state index is 8.78. The Morgan fingerprint density at radius 3 is 2.23 bits per heavy atom. The first kappa shape index (κ1) is 15.8. The SMILES string of the molecule is CCN(CC)c1ccc(-c2ccc(C=C(C#N)C#N)cc2)s1. The van der Waals surface area contributed by atoms with E-state index in [1.807, 2.05) is 36.4 Å². The highest BCUT2D eigenvalue weighted by Crippen LogP contribution is 2.33. The molecule has 110 valence electrons. The Morgan fingerprint density at radius 2 is 1.68 bits per heavy atom. The minimum Gasteiger partial charge on any atom is -0.364 e. The molecule has 3 nitrogen and oxygen atoms in total. The number of benzene rings is 1. The van der Waals surface area contributed by atoms with E-state index in [9.17, 15) is 0 Å². The van der Waals surface area contributed by atoms with Crippen molar-refractivity contribution in [3.63, 3.8) is 0 Å². The van der Waals surface area contributed by atoms with Crippen LogP contribution >= 0.6 is 11.3 Å². The van der Waals surface area contributed by atoms with Crippen LogP contribution in [0.5, 0.6) is 0 Å². The summed E-state index contributed by atoms with van der Waals surface area (Å²) in [6, 6.07) is 15.9. The molecule has 0 unspecified atom stereocenters. The molecule has 0 bridgehead atoms. The zero-order valence-corrected chi connectivity index (χ0v) is 13.5. The third-order valence-corrected chi connectivity index (χ3v) is 4.61. The first-order chi connectivity index (χ1) is 10.7. The van der Waals surface area contributed by atoms with Gasteiger partial charge in [0.2, 0.25) is 0 Å². The third-order valence-electron chi connectivity index (χ3n) is 3.41. The van der Waals surface area contributed by atoms with Gasteiger partial charge in [-0.2, -0.15) is 10.5 Å². The maximum Gasteiger partial charge on any atom is 0.130 e. The summed E-state index contributed by atoms with van der Waals surface area (Å²) in [5.41, 5.74) is 2.13. The van der Waals surface area contributed by atoms with Crippen LogP contribution in [0.25, 0.3) is 16.5 Å². The van der Waals surface area contributed by atoms with Gasteiger partial charge in [-0.05, 0) is 43.2 Å². The van der Waals surface area contributed by atoms with Gasteiger partial charge in [-0.15, -0.1) is 11.3 Å². The van der Waals surface area contributed by atoms with E-state index in [0.717, 1.165) is 24.2 Å². The van der Waals surface area contributed by atoms with Crippen LogP contribution in [0.15, 0.2) is 42.0 Å². The minimum atomic E-state index is 0.118. The fraction of sp³-hybridized carbons (Fsp3) is 0.222. The average Bonchev–Trinajstić information content (AvgIpc) is 3.04. The lowest BCUT2D eigenvalue weighted by Gasteiger charge is -2.18. The Balaban J connectivity index is 2.23. The fourth-order valence-electron chi connectivity index (χ4n) is 2.19. The highest BCUT2D eigenvalue weighted by Gasteiger charge is 2.07. The van der Waals surface area contributed by atoms with Crippen molar-refractivity contribution in [1.29, 1.82) is 10.5 Å². The van der Waals surface area contributed by atoms with Crippen LogP contribution in [0.4, 0.5) is 5.00 Å². The lowest BCUT2D eigenvalue weighted by atomic mass is 10.1. The Hall–Kier alpha value is -2.56. The summed E-state index contributed by atoms with van der Waals surface area (Å²) in [6.07, 6.45) is 1.60. The zero-order chi connectivity index (χ0) is 15.9. The Morgan fingerprint density at radius 1 is 1.05 bits per heavy atom. The van der Waals surface area contributed by atoms with E-state index in [2.05, 4.69) is 30.9 Å². The van der Waals surface area contributed by atoms with Crippen molar-refractivity contribution in [1.82, 2.24) is 0 Å². The highest BCUT2D eigenvalue weighted by molar-refractivity contribution is 7.19. The van der Waals surface area contributed by atoms with E-state index in [0.29, 0.717) is 0 Å². The van der Waals surface area contributed by atoms with E-state index in [4.69, 9.17) is 10.5 Å². The second kappa shape index (κ2) is 7.45. The quantitative estimate of drug-likeness (QED) is 0.753. The van der Waals surface area contributed by atoms with Crippen LogP contribution in [-0.2, 0) is 0 Å². The van der Waals surface area contributed by atoms with Gasteiger partial charge < -0.3 is 4.90 Å². The van der Waals surface area contributed by atoms with Crippen molar-refractivity contribution in [2.24, 2.45) is 0 Å². The number of hydrogen-bond donors (Lipinski definition) is 0. The molecule has 0 saturated heterocycles. The molecule has 0 spiro atoms. The number of anilines is 1. The maximum absolute atomic E-state index is 8.78. The summed E-state index contributed by atoms with van der Waals surface area (Å²) in [4.78, 5) is 3.55. The van der Waals surface area contributed by atoms with E-state index in [1.165, 1.54) is 9.88 Å². The molecule has 0 radical (unpaired) electrons. The summed E-state index contributed by atoms with van der Waals surface area (Å²) in [6.45, 7) is 6.33. The molecular weight excluding hydrogens is 290 g/mol. The molecule has 1 aromatic carbocycles. The lowest BCUT2D eigenvalue weighted by Crippen LogP contribution is -2.20. The van der Waals surface area contributed by atoms with Crippen LogP contribution in [0.3, 0.4) is 0 Å². The van der Waals surface area contributed by atoms with Crippen LogP contribution in [-0.4, -0.2) is 13.1 Å². The molecule has 0 amide bonds. The van der Waals surface area contributed by atoms with Gasteiger partial charge in [0.15, 0.2) is 0 Å². The lowest BCUT2D eigenvalue weighted by molar-refractivity contribution is 0.876. The highest BCUT2D eigenvalue weighted by atomic mass is 32.1. The van der Waals surface area contributed by atoms with Gasteiger partial charge in [0.05, 0.1) is 5.00 Å². The van der Waals surface area contributed by atoms with Crippen molar-refractivity contribution in [3.8, 4) is 22.6 Å². The fourth-order valence-corrected chi connectivity index (χ4v) is 3.33. The van der Waals surface area contributed by atoms with E-state index < -0.39 is 0 Å². The first-order valence-corrected chi connectivity index (χ1v) is 8.00. The molecule has 4 heteroatoms. The molecule has 1 aromatic heterocycles. The van der Waals surface area contributed by atoms with Gasteiger partial charge in [-0.25, -0.2) is 0 Å². The van der Waals surface area contributed by atoms with Crippen LogP contribution in [0, 0.1) is 22.7 Å². The smallest absolute Gasteiger partial charge is 0.130 e. The van der Waals surface area contributed by atoms with Crippen molar-refractivity contribution in [3.05, 3.63) is 47.5 Å². The summed E-state index contributed by atoms with van der Waals surface area (Å²) in [5.74, 6) is 0. The Kier molecular flexibility index (Phi) is 5.36. The summed E-state index contributed by atoms with van der Waals surface area (Å²) in [5, 5.41) is 18.8. The molecule has 0 aliphatic rings. The summed E-state index contributed by atoms with van der Waals surface area (Å²) < 4.78 is 0. The number of nitrogens with zero attached hydrogens (tertiary/aromatic N) is 3. The average molecular weight is 307 g/mol. The molecule has 0 aliphatic carbocycles. The summed E-state index contributed by atoms with van der Waals surface area (Å²) >= 11 is 1.78.